The minimum atomic E-state index is -0.536. The number of pyridine rings is 1. The number of hydrogen-bond acceptors (Lipinski definition) is 3. The number of benzene rings is 1. The molecule has 0 saturated carbocycles. The maximum Gasteiger partial charge on any atom is 0.193 e. The Morgan fingerprint density at radius 2 is 1.97 bits per heavy atom. The van der Waals surface area contributed by atoms with Gasteiger partial charge in [-0.3, -0.25) is 14.9 Å². The molecule has 0 aliphatic carbocycles. The van der Waals surface area contributed by atoms with Crippen LogP contribution < -0.4 is 5.32 Å². The van der Waals surface area contributed by atoms with Crippen LogP contribution >= 0.6 is 0 Å². The van der Waals surface area contributed by atoms with Crippen LogP contribution in [0.15, 0.2) is 47.6 Å². The van der Waals surface area contributed by atoms with Gasteiger partial charge in [-0.05, 0) is 24.6 Å². The molecular weight excluding hydrogens is 372 g/mol. The van der Waals surface area contributed by atoms with Crippen molar-refractivity contribution in [3.63, 3.8) is 0 Å². The first-order valence-electron chi connectivity index (χ1n) is 10.2. The molecule has 1 aromatic heterocycles. The van der Waals surface area contributed by atoms with E-state index in [1.807, 2.05) is 25.1 Å². The Hall–Kier alpha value is -2.54. The third-order valence-electron chi connectivity index (χ3n) is 5.36. The van der Waals surface area contributed by atoms with Gasteiger partial charge in [0.15, 0.2) is 5.96 Å². The lowest BCUT2D eigenvalue weighted by atomic mass is 10.0. The van der Waals surface area contributed by atoms with Gasteiger partial charge in [0, 0.05) is 75.8 Å². The standard InChI is InChI=1S/C22H29F2N5/c1-3-21(19-8-7-17(23)16-20(19)24)28-12-14-29(15-13-28)22(25-2)27-11-9-18-6-4-5-10-26-18/h4-8,10,16,21H,3,9,11-15H2,1-2H3,(H,25,27). The lowest BCUT2D eigenvalue weighted by molar-refractivity contribution is 0.124. The summed E-state index contributed by atoms with van der Waals surface area (Å²) in [5.74, 6) is -0.126. The second-order valence-electron chi connectivity index (χ2n) is 7.16. The van der Waals surface area contributed by atoms with E-state index in [4.69, 9.17) is 0 Å². The molecule has 29 heavy (non-hydrogen) atoms. The van der Waals surface area contributed by atoms with Crippen molar-refractivity contribution < 1.29 is 8.78 Å². The second kappa shape index (κ2) is 10.3. The van der Waals surface area contributed by atoms with Crippen LogP contribution in [0.3, 0.4) is 0 Å². The summed E-state index contributed by atoms with van der Waals surface area (Å²) in [7, 11) is 1.79. The zero-order valence-corrected chi connectivity index (χ0v) is 17.1. The Labute approximate surface area is 171 Å². The van der Waals surface area contributed by atoms with Gasteiger partial charge >= 0.3 is 0 Å². The number of piperazine rings is 1. The summed E-state index contributed by atoms with van der Waals surface area (Å²) in [4.78, 5) is 13.2. The van der Waals surface area contributed by atoms with Gasteiger partial charge in [0.25, 0.3) is 0 Å². The van der Waals surface area contributed by atoms with Crippen LogP contribution in [0.1, 0.15) is 30.6 Å². The van der Waals surface area contributed by atoms with Gasteiger partial charge in [-0.2, -0.15) is 0 Å². The van der Waals surface area contributed by atoms with E-state index < -0.39 is 11.6 Å². The summed E-state index contributed by atoms with van der Waals surface area (Å²) in [6.45, 7) is 6.03. The van der Waals surface area contributed by atoms with Crippen molar-refractivity contribution in [1.82, 2.24) is 20.1 Å². The Bertz CT molecular complexity index is 804. The van der Waals surface area contributed by atoms with Crippen LogP contribution in [0.4, 0.5) is 8.78 Å². The van der Waals surface area contributed by atoms with Gasteiger partial charge in [-0.15, -0.1) is 0 Å². The van der Waals surface area contributed by atoms with Crippen molar-refractivity contribution >= 4 is 5.96 Å². The molecular formula is C22H29F2N5. The predicted octanol–water partition coefficient (Wildman–Crippen LogP) is 3.25. The fourth-order valence-corrected chi connectivity index (χ4v) is 3.87. The van der Waals surface area contributed by atoms with Crippen LogP contribution in [-0.2, 0) is 6.42 Å². The Morgan fingerprint density at radius 1 is 1.17 bits per heavy atom. The largest absolute Gasteiger partial charge is 0.356 e. The van der Waals surface area contributed by atoms with Crippen molar-refractivity contribution in [2.45, 2.75) is 25.8 Å². The SMILES string of the molecule is CCC(c1ccc(F)cc1F)N1CCN(C(=NC)NCCc2ccccn2)CC1. The number of halogens is 2. The number of aliphatic imine (C=N–C) groups is 1. The van der Waals surface area contributed by atoms with Crippen LogP contribution in [0.2, 0.25) is 0 Å². The highest BCUT2D eigenvalue weighted by Crippen LogP contribution is 2.28. The first kappa shape index (κ1) is 21.2. The molecule has 0 spiro atoms. The molecule has 2 heterocycles. The summed E-state index contributed by atoms with van der Waals surface area (Å²) in [5, 5.41) is 3.41. The average molecular weight is 402 g/mol. The van der Waals surface area contributed by atoms with E-state index in [1.54, 1.807) is 19.3 Å². The van der Waals surface area contributed by atoms with Gasteiger partial charge in [-0.25, -0.2) is 8.78 Å². The summed E-state index contributed by atoms with van der Waals surface area (Å²) in [5.41, 5.74) is 1.62. The molecule has 1 saturated heterocycles. The third-order valence-corrected chi connectivity index (χ3v) is 5.36. The van der Waals surface area contributed by atoms with Gasteiger partial charge < -0.3 is 10.2 Å². The molecule has 0 amide bonds. The Kier molecular flexibility index (Phi) is 7.52. The van der Waals surface area contributed by atoms with Crippen molar-refractivity contribution in [2.24, 2.45) is 4.99 Å². The van der Waals surface area contributed by atoms with Crippen molar-refractivity contribution in [3.8, 4) is 0 Å². The summed E-state index contributed by atoms with van der Waals surface area (Å²) < 4.78 is 27.5. The topological polar surface area (TPSA) is 43.8 Å². The monoisotopic (exact) mass is 401 g/mol. The third kappa shape index (κ3) is 5.50. The molecule has 1 aliphatic rings. The Balaban J connectivity index is 1.54. The molecule has 1 atom stereocenters. The van der Waals surface area contributed by atoms with E-state index in [1.165, 1.54) is 6.07 Å². The van der Waals surface area contributed by atoms with Gasteiger partial charge in [0.05, 0.1) is 0 Å². The van der Waals surface area contributed by atoms with E-state index in [9.17, 15) is 8.78 Å². The van der Waals surface area contributed by atoms with Crippen LogP contribution in [0.25, 0.3) is 0 Å². The van der Waals surface area contributed by atoms with E-state index in [2.05, 4.69) is 25.1 Å². The highest BCUT2D eigenvalue weighted by molar-refractivity contribution is 5.80. The van der Waals surface area contributed by atoms with Crippen molar-refractivity contribution in [1.29, 1.82) is 0 Å². The lowest BCUT2D eigenvalue weighted by Crippen LogP contribution is -2.53. The molecule has 0 bridgehead atoms. The van der Waals surface area contributed by atoms with E-state index in [0.717, 1.165) is 63.3 Å². The van der Waals surface area contributed by atoms with Gasteiger partial charge in [0.1, 0.15) is 11.6 Å². The molecule has 3 rings (SSSR count). The number of nitrogens with one attached hydrogen (secondary N) is 1. The van der Waals surface area contributed by atoms with Gasteiger partial charge in [-0.1, -0.05) is 19.1 Å². The smallest absolute Gasteiger partial charge is 0.193 e. The highest BCUT2D eigenvalue weighted by atomic mass is 19.1. The quantitative estimate of drug-likeness (QED) is 0.596. The van der Waals surface area contributed by atoms with Gasteiger partial charge in [0.2, 0.25) is 0 Å². The average Bonchev–Trinajstić information content (AvgIpc) is 2.74. The fraction of sp³-hybridized carbons (Fsp3) is 0.455. The number of nitrogens with zero attached hydrogens (tertiary/aromatic N) is 4. The van der Waals surface area contributed by atoms with E-state index >= 15 is 0 Å². The fourth-order valence-electron chi connectivity index (χ4n) is 3.87. The summed E-state index contributed by atoms with van der Waals surface area (Å²) in [6.07, 6.45) is 3.42. The first-order valence-corrected chi connectivity index (χ1v) is 10.2. The molecule has 5 nitrogen and oxygen atoms in total. The van der Waals surface area contributed by atoms with Crippen LogP contribution in [0.5, 0.6) is 0 Å². The summed E-state index contributed by atoms with van der Waals surface area (Å²) >= 11 is 0. The molecule has 2 aromatic rings. The molecule has 1 unspecified atom stereocenters. The number of guanidine groups is 1. The highest BCUT2D eigenvalue weighted by Gasteiger charge is 2.27. The van der Waals surface area contributed by atoms with Crippen LogP contribution in [-0.4, -0.2) is 60.5 Å². The molecule has 1 aromatic carbocycles. The predicted molar refractivity (Wildman–Crippen MR) is 112 cm³/mol. The molecule has 1 N–H and O–H groups in total. The van der Waals surface area contributed by atoms with E-state index in [-0.39, 0.29) is 6.04 Å². The molecule has 1 aliphatic heterocycles. The Morgan fingerprint density at radius 3 is 2.59 bits per heavy atom. The normalized spacial score (nSPS) is 16.7. The van der Waals surface area contributed by atoms with Crippen molar-refractivity contribution in [2.75, 3.05) is 39.8 Å². The molecule has 156 valence electrons. The maximum absolute atomic E-state index is 14.3. The molecule has 1 fully saturated rings. The van der Waals surface area contributed by atoms with Crippen molar-refractivity contribution in [3.05, 3.63) is 65.5 Å². The zero-order valence-electron chi connectivity index (χ0n) is 17.1. The van der Waals surface area contributed by atoms with E-state index in [0.29, 0.717) is 5.56 Å². The maximum atomic E-state index is 14.3. The second-order valence-corrected chi connectivity index (χ2v) is 7.16. The zero-order chi connectivity index (χ0) is 20.6. The minimum Gasteiger partial charge on any atom is -0.356 e. The molecule has 7 heteroatoms. The summed E-state index contributed by atoms with van der Waals surface area (Å²) in [6, 6.07) is 9.76. The number of rotatable bonds is 6. The molecule has 0 radical (unpaired) electrons. The number of hydrogen-bond donors (Lipinski definition) is 1. The van der Waals surface area contributed by atoms with Crippen LogP contribution in [0, 0.1) is 11.6 Å². The number of aromatic nitrogens is 1. The first-order chi connectivity index (χ1) is 14.1. The minimum absolute atomic E-state index is 0.0446. The lowest BCUT2D eigenvalue weighted by Gasteiger charge is -2.40.